The second-order valence-corrected chi connectivity index (χ2v) is 21.3. The summed E-state index contributed by atoms with van der Waals surface area (Å²) in [7, 11) is 0. The molecule has 72 heavy (non-hydrogen) atoms. The number of hydrogen-bond acceptors (Lipinski definition) is 6. The standard InChI is InChI=1S/C66H120O6/c1-4-7-10-13-16-19-22-25-28-31-33-36-38-41-44-47-50-53-56-59-65(68)71-62-63(61-70-64(67)58-55-52-49-46-43-40-37-34-30-27-24-21-18-15-12-9-6-3)72-66(69)60-57-54-51-48-45-42-39-35-32-29-26-23-20-17-14-11-8-5-2/h16,19,25,28,33,36,41,44,63H,4-15,17-18,20-24,26-27,29-32,34-35,37-40,42-43,45-62H2,1-3H3/b19-16+,28-25+,36-33+,44-41+/t63-/m1/s1. The van der Waals surface area contributed by atoms with Crippen molar-refractivity contribution in [2.75, 3.05) is 13.2 Å². The summed E-state index contributed by atoms with van der Waals surface area (Å²) in [6.45, 7) is 6.64. The van der Waals surface area contributed by atoms with E-state index in [4.69, 9.17) is 14.2 Å². The van der Waals surface area contributed by atoms with Crippen molar-refractivity contribution in [1.82, 2.24) is 0 Å². The van der Waals surface area contributed by atoms with Gasteiger partial charge in [0.15, 0.2) is 6.10 Å². The molecule has 1 atom stereocenters. The Kier molecular flexibility index (Phi) is 58.7. The van der Waals surface area contributed by atoms with Crippen LogP contribution >= 0.6 is 0 Å². The van der Waals surface area contributed by atoms with Crippen LogP contribution in [0.15, 0.2) is 48.6 Å². The molecule has 0 fully saturated rings. The lowest BCUT2D eigenvalue weighted by molar-refractivity contribution is -0.167. The van der Waals surface area contributed by atoms with Gasteiger partial charge in [-0.2, -0.15) is 0 Å². The Morgan fingerprint density at radius 3 is 0.806 bits per heavy atom. The van der Waals surface area contributed by atoms with Crippen LogP contribution in [0.1, 0.15) is 335 Å². The normalized spacial score (nSPS) is 12.3. The Bertz CT molecular complexity index is 1250. The van der Waals surface area contributed by atoms with Gasteiger partial charge in [0.2, 0.25) is 0 Å². The van der Waals surface area contributed by atoms with E-state index in [1.807, 2.05) is 0 Å². The summed E-state index contributed by atoms with van der Waals surface area (Å²) in [6.07, 6.45) is 75.4. The fourth-order valence-electron chi connectivity index (χ4n) is 9.31. The molecule has 0 aliphatic carbocycles. The molecular weight excluding hydrogens is 889 g/mol. The van der Waals surface area contributed by atoms with Crippen molar-refractivity contribution < 1.29 is 28.6 Å². The molecule has 420 valence electrons. The molecule has 0 aromatic carbocycles. The van der Waals surface area contributed by atoms with Gasteiger partial charge in [-0.3, -0.25) is 14.4 Å². The summed E-state index contributed by atoms with van der Waals surface area (Å²) < 4.78 is 16.9. The minimum Gasteiger partial charge on any atom is -0.462 e. The molecule has 0 radical (unpaired) electrons. The number of hydrogen-bond donors (Lipinski definition) is 0. The van der Waals surface area contributed by atoms with E-state index in [1.165, 1.54) is 212 Å². The highest BCUT2D eigenvalue weighted by atomic mass is 16.6. The SMILES string of the molecule is CCCCC/C=C/C/C=C/C/C=C/C/C=C/CCCCCC(=O)OC[C@@H](COC(=O)CCCCCCCCCCCCCCCCCCC)OC(=O)CCCCCCCCCCCCCCCCCCCC. The van der Waals surface area contributed by atoms with E-state index < -0.39 is 6.10 Å². The van der Waals surface area contributed by atoms with E-state index in [0.717, 1.165) is 83.5 Å². The predicted molar refractivity (Wildman–Crippen MR) is 312 cm³/mol. The van der Waals surface area contributed by atoms with Gasteiger partial charge in [-0.15, -0.1) is 0 Å². The second-order valence-electron chi connectivity index (χ2n) is 21.3. The van der Waals surface area contributed by atoms with Gasteiger partial charge in [0.05, 0.1) is 0 Å². The van der Waals surface area contributed by atoms with Crippen LogP contribution in [0.5, 0.6) is 0 Å². The van der Waals surface area contributed by atoms with Gasteiger partial charge in [0.1, 0.15) is 13.2 Å². The molecule has 0 saturated heterocycles. The summed E-state index contributed by atoms with van der Waals surface area (Å²) in [5.74, 6) is -0.887. The average molecular weight is 1010 g/mol. The summed E-state index contributed by atoms with van der Waals surface area (Å²) in [6, 6.07) is 0. The van der Waals surface area contributed by atoms with Crippen molar-refractivity contribution in [2.24, 2.45) is 0 Å². The molecule has 6 heteroatoms. The first kappa shape index (κ1) is 69.4. The Hall–Kier alpha value is -2.63. The highest BCUT2D eigenvalue weighted by Crippen LogP contribution is 2.17. The molecule has 0 heterocycles. The highest BCUT2D eigenvalue weighted by Gasteiger charge is 2.19. The molecule has 0 N–H and O–H groups in total. The zero-order valence-electron chi connectivity index (χ0n) is 48.2. The van der Waals surface area contributed by atoms with Gasteiger partial charge in [-0.05, 0) is 64.2 Å². The molecular formula is C66H120O6. The largest absolute Gasteiger partial charge is 0.462 e. The molecule has 0 aliphatic heterocycles. The number of allylic oxidation sites excluding steroid dienone is 8. The lowest BCUT2D eigenvalue weighted by Gasteiger charge is -2.18. The van der Waals surface area contributed by atoms with Crippen LogP contribution in [0.25, 0.3) is 0 Å². The maximum Gasteiger partial charge on any atom is 0.306 e. The van der Waals surface area contributed by atoms with Crippen molar-refractivity contribution in [3.63, 3.8) is 0 Å². The molecule has 0 aromatic heterocycles. The van der Waals surface area contributed by atoms with Crippen LogP contribution in [0, 0.1) is 0 Å². The quantitative estimate of drug-likeness (QED) is 0.0261. The minimum atomic E-state index is -0.783. The number of unbranched alkanes of at least 4 members (excludes halogenated alkanes) is 39. The Labute approximate surface area is 448 Å². The summed E-state index contributed by atoms with van der Waals surface area (Å²) in [5.41, 5.74) is 0. The van der Waals surface area contributed by atoms with Crippen molar-refractivity contribution in [2.45, 2.75) is 341 Å². The van der Waals surface area contributed by atoms with Crippen LogP contribution in [-0.4, -0.2) is 37.2 Å². The highest BCUT2D eigenvalue weighted by molar-refractivity contribution is 5.71. The van der Waals surface area contributed by atoms with Crippen molar-refractivity contribution in [1.29, 1.82) is 0 Å². The smallest absolute Gasteiger partial charge is 0.306 e. The number of rotatable bonds is 58. The first-order chi connectivity index (χ1) is 35.5. The molecule has 0 aromatic rings. The predicted octanol–water partition coefficient (Wildman–Crippen LogP) is 21.4. The zero-order chi connectivity index (χ0) is 52.2. The van der Waals surface area contributed by atoms with Gasteiger partial charge < -0.3 is 14.2 Å². The van der Waals surface area contributed by atoms with Crippen LogP contribution < -0.4 is 0 Å². The third-order valence-corrected chi connectivity index (χ3v) is 14.1. The molecule has 0 aliphatic rings. The van der Waals surface area contributed by atoms with Crippen molar-refractivity contribution >= 4 is 17.9 Å². The fourth-order valence-corrected chi connectivity index (χ4v) is 9.31. The third kappa shape index (κ3) is 58.3. The third-order valence-electron chi connectivity index (χ3n) is 14.1. The Morgan fingerprint density at radius 2 is 0.500 bits per heavy atom. The van der Waals surface area contributed by atoms with Gasteiger partial charge in [0, 0.05) is 19.3 Å². The van der Waals surface area contributed by atoms with Crippen LogP contribution in [0.4, 0.5) is 0 Å². The van der Waals surface area contributed by atoms with Gasteiger partial charge in [0.25, 0.3) is 0 Å². The van der Waals surface area contributed by atoms with Gasteiger partial charge in [-0.25, -0.2) is 0 Å². The van der Waals surface area contributed by atoms with Crippen LogP contribution in [0.2, 0.25) is 0 Å². The van der Waals surface area contributed by atoms with Crippen LogP contribution in [0.3, 0.4) is 0 Å². The lowest BCUT2D eigenvalue weighted by Crippen LogP contribution is -2.30. The molecule has 0 saturated carbocycles. The summed E-state index contributed by atoms with van der Waals surface area (Å²) in [5, 5.41) is 0. The molecule has 0 unspecified atom stereocenters. The molecule has 0 spiro atoms. The summed E-state index contributed by atoms with van der Waals surface area (Å²) >= 11 is 0. The number of esters is 3. The number of ether oxygens (including phenoxy) is 3. The molecule has 0 bridgehead atoms. The number of carbonyl (C=O) groups is 3. The lowest BCUT2D eigenvalue weighted by atomic mass is 10.0. The average Bonchev–Trinajstić information content (AvgIpc) is 3.38. The molecule has 6 nitrogen and oxygen atoms in total. The fraction of sp³-hybridized carbons (Fsp3) is 0.833. The van der Waals surface area contributed by atoms with E-state index in [1.54, 1.807) is 0 Å². The molecule has 0 rings (SSSR count). The van der Waals surface area contributed by atoms with E-state index >= 15 is 0 Å². The maximum absolute atomic E-state index is 12.9. The second kappa shape index (κ2) is 60.9. The summed E-state index contributed by atoms with van der Waals surface area (Å²) in [4.78, 5) is 38.3. The van der Waals surface area contributed by atoms with Crippen molar-refractivity contribution in [3.8, 4) is 0 Å². The van der Waals surface area contributed by atoms with Gasteiger partial charge in [-0.1, -0.05) is 301 Å². The first-order valence-corrected chi connectivity index (χ1v) is 31.6. The van der Waals surface area contributed by atoms with E-state index in [0.29, 0.717) is 19.3 Å². The van der Waals surface area contributed by atoms with Crippen molar-refractivity contribution in [3.05, 3.63) is 48.6 Å². The monoisotopic (exact) mass is 1010 g/mol. The maximum atomic E-state index is 12.9. The Balaban J connectivity index is 4.39. The van der Waals surface area contributed by atoms with Crippen LogP contribution in [-0.2, 0) is 28.6 Å². The molecule has 0 amide bonds. The Morgan fingerprint density at radius 1 is 0.278 bits per heavy atom. The van der Waals surface area contributed by atoms with E-state index in [9.17, 15) is 14.4 Å². The zero-order valence-corrected chi connectivity index (χ0v) is 48.2. The van der Waals surface area contributed by atoms with E-state index in [2.05, 4.69) is 69.4 Å². The number of carbonyl (C=O) groups excluding carboxylic acids is 3. The van der Waals surface area contributed by atoms with Gasteiger partial charge >= 0.3 is 17.9 Å². The first-order valence-electron chi connectivity index (χ1n) is 31.6. The van der Waals surface area contributed by atoms with E-state index in [-0.39, 0.29) is 31.1 Å². The topological polar surface area (TPSA) is 78.9 Å². The minimum absolute atomic E-state index is 0.0784.